The zero-order chi connectivity index (χ0) is 17.4. The number of nitro benzene ring substituents is 1. The molecule has 0 fully saturated rings. The van der Waals surface area contributed by atoms with Gasteiger partial charge in [0.25, 0.3) is 11.6 Å². The number of nitro groups is 1. The van der Waals surface area contributed by atoms with Crippen molar-refractivity contribution in [3.63, 3.8) is 0 Å². The molecule has 0 spiro atoms. The summed E-state index contributed by atoms with van der Waals surface area (Å²) in [5, 5.41) is 20.8. The minimum Gasteiger partial charge on any atom is -0.383 e. The third-order valence-electron chi connectivity index (χ3n) is 3.20. The van der Waals surface area contributed by atoms with E-state index < -0.39 is 4.92 Å². The molecule has 0 atom stereocenters. The van der Waals surface area contributed by atoms with Gasteiger partial charge in [-0.25, -0.2) is 4.68 Å². The molecule has 2 N–H and O–H groups in total. The van der Waals surface area contributed by atoms with E-state index in [2.05, 4.69) is 15.7 Å². The Labute approximate surface area is 150 Å². The smallest absolute Gasteiger partial charge is 0.271 e. The lowest BCUT2D eigenvalue weighted by molar-refractivity contribution is -0.384. The van der Waals surface area contributed by atoms with Gasteiger partial charge in [0, 0.05) is 45.1 Å². The average Bonchev–Trinajstić information content (AvgIpc) is 3.08. The molecule has 1 heterocycles. The molecule has 0 aliphatic rings. The number of aromatic nitrogens is 2. The van der Waals surface area contributed by atoms with E-state index in [4.69, 9.17) is 4.74 Å². The lowest BCUT2D eigenvalue weighted by atomic mass is 10.3. The zero-order valence-electron chi connectivity index (χ0n) is 13.7. The normalized spacial score (nSPS) is 10.1. The maximum absolute atomic E-state index is 12.0. The highest BCUT2D eigenvalue weighted by Gasteiger charge is 2.11. The average molecular weight is 370 g/mol. The third kappa shape index (κ3) is 6.14. The SMILES string of the molecule is COCCNCCNC(=O)c1ccn(-c2cccc([N+](=O)[O-])c2)n1.Cl. The summed E-state index contributed by atoms with van der Waals surface area (Å²) in [6, 6.07) is 7.61. The maximum Gasteiger partial charge on any atom is 0.271 e. The number of amides is 1. The van der Waals surface area contributed by atoms with Crippen LogP contribution in [0, 0.1) is 10.1 Å². The van der Waals surface area contributed by atoms with Gasteiger partial charge >= 0.3 is 0 Å². The Morgan fingerprint density at radius 1 is 1.32 bits per heavy atom. The van der Waals surface area contributed by atoms with E-state index in [0.717, 1.165) is 0 Å². The van der Waals surface area contributed by atoms with E-state index >= 15 is 0 Å². The van der Waals surface area contributed by atoms with Crippen LogP contribution in [0.2, 0.25) is 0 Å². The summed E-state index contributed by atoms with van der Waals surface area (Å²) in [5.74, 6) is -0.298. The molecule has 0 aliphatic carbocycles. The summed E-state index contributed by atoms with van der Waals surface area (Å²) < 4.78 is 6.33. The number of methoxy groups -OCH3 is 1. The van der Waals surface area contributed by atoms with Crippen molar-refractivity contribution in [2.75, 3.05) is 33.4 Å². The number of rotatable bonds is 9. The van der Waals surface area contributed by atoms with E-state index in [1.807, 2.05) is 0 Å². The fraction of sp³-hybridized carbons (Fsp3) is 0.333. The number of non-ortho nitro benzene ring substituents is 1. The fourth-order valence-electron chi connectivity index (χ4n) is 1.99. The van der Waals surface area contributed by atoms with Crippen molar-refractivity contribution in [3.05, 3.63) is 52.3 Å². The molecule has 1 aromatic carbocycles. The monoisotopic (exact) mass is 369 g/mol. The first-order valence-corrected chi connectivity index (χ1v) is 7.40. The standard InChI is InChI=1S/C15H19N5O4.ClH/c1-24-10-8-16-6-7-17-15(21)14-5-9-19(18-14)12-3-2-4-13(11-12)20(22)23;/h2-5,9,11,16H,6-8,10H2,1H3,(H,17,21);1H. The van der Waals surface area contributed by atoms with E-state index in [9.17, 15) is 14.9 Å². The fourth-order valence-corrected chi connectivity index (χ4v) is 1.99. The first-order valence-electron chi connectivity index (χ1n) is 7.40. The largest absolute Gasteiger partial charge is 0.383 e. The summed E-state index contributed by atoms with van der Waals surface area (Å²) in [4.78, 5) is 22.3. The molecule has 2 aromatic rings. The summed E-state index contributed by atoms with van der Waals surface area (Å²) in [5.41, 5.74) is 0.735. The number of nitrogens with zero attached hydrogens (tertiary/aromatic N) is 3. The van der Waals surface area contributed by atoms with Crippen LogP contribution in [-0.2, 0) is 4.74 Å². The molecular formula is C15H20ClN5O4. The number of carbonyl (C=O) groups is 1. The molecule has 9 nitrogen and oxygen atoms in total. The Morgan fingerprint density at radius 3 is 2.84 bits per heavy atom. The third-order valence-corrected chi connectivity index (χ3v) is 3.20. The second-order valence-electron chi connectivity index (χ2n) is 4.92. The Bertz CT molecular complexity index is 707. The van der Waals surface area contributed by atoms with Crippen LogP contribution in [0.5, 0.6) is 0 Å². The van der Waals surface area contributed by atoms with Gasteiger partial charge < -0.3 is 15.4 Å². The maximum atomic E-state index is 12.0. The Hall–Kier alpha value is -2.49. The lowest BCUT2D eigenvalue weighted by Gasteiger charge is -2.05. The molecule has 0 saturated carbocycles. The van der Waals surface area contributed by atoms with E-state index in [1.54, 1.807) is 31.5 Å². The summed E-state index contributed by atoms with van der Waals surface area (Å²) in [7, 11) is 1.63. The van der Waals surface area contributed by atoms with Gasteiger partial charge in [0.2, 0.25) is 0 Å². The molecule has 0 unspecified atom stereocenters. The number of nitrogens with one attached hydrogen (secondary N) is 2. The number of hydrogen-bond donors (Lipinski definition) is 2. The quantitative estimate of drug-likeness (QED) is 0.390. The van der Waals surface area contributed by atoms with Crippen LogP contribution in [0.3, 0.4) is 0 Å². The molecule has 0 radical (unpaired) electrons. The lowest BCUT2D eigenvalue weighted by Crippen LogP contribution is -2.33. The van der Waals surface area contributed by atoms with Crippen molar-refractivity contribution >= 4 is 24.0 Å². The second kappa shape index (κ2) is 10.4. The van der Waals surface area contributed by atoms with Crippen molar-refractivity contribution in [1.29, 1.82) is 0 Å². The highest BCUT2D eigenvalue weighted by Crippen LogP contribution is 2.16. The van der Waals surface area contributed by atoms with Crippen LogP contribution < -0.4 is 10.6 Å². The van der Waals surface area contributed by atoms with Gasteiger partial charge in [-0.05, 0) is 12.1 Å². The topological polar surface area (TPSA) is 111 Å². The predicted octanol–water partition coefficient (Wildman–Crippen LogP) is 1.17. The van der Waals surface area contributed by atoms with Crippen LogP contribution >= 0.6 is 12.4 Å². The van der Waals surface area contributed by atoms with Crippen molar-refractivity contribution in [3.8, 4) is 5.69 Å². The van der Waals surface area contributed by atoms with Gasteiger partial charge in [-0.2, -0.15) is 5.10 Å². The molecular weight excluding hydrogens is 350 g/mol. The molecule has 2 rings (SSSR count). The first-order chi connectivity index (χ1) is 11.6. The number of halogens is 1. The van der Waals surface area contributed by atoms with E-state index in [1.165, 1.54) is 16.8 Å². The van der Waals surface area contributed by atoms with E-state index in [-0.39, 0.29) is 29.7 Å². The van der Waals surface area contributed by atoms with Crippen molar-refractivity contribution in [2.24, 2.45) is 0 Å². The van der Waals surface area contributed by atoms with Crippen LogP contribution in [-0.4, -0.2) is 54.0 Å². The first kappa shape index (κ1) is 20.6. The van der Waals surface area contributed by atoms with Gasteiger partial charge in [-0.15, -0.1) is 12.4 Å². The highest BCUT2D eigenvalue weighted by atomic mass is 35.5. The molecule has 1 amide bonds. The van der Waals surface area contributed by atoms with Crippen molar-refractivity contribution < 1.29 is 14.5 Å². The highest BCUT2D eigenvalue weighted by molar-refractivity contribution is 5.92. The molecule has 136 valence electrons. The van der Waals surface area contributed by atoms with Gasteiger partial charge in [0.15, 0.2) is 5.69 Å². The number of benzene rings is 1. The molecule has 10 heteroatoms. The van der Waals surface area contributed by atoms with Gasteiger partial charge in [0.05, 0.1) is 17.2 Å². The van der Waals surface area contributed by atoms with Gasteiger partial charge in [-0.3, -0.25) is 14.9 Å². The Morgan fingerprint density at radius 2 is 2.12 bits per heavy atom. The summed E-state index contributed by atoms with van der Waals surface area (Å²) in [6.07, 6.45) is 1.59. The number of carbonyl (C=O) groups excluding carboxylic acids is 1. The minimum absolute atomic E-state index is 0. The van der Waals surface area contributed by atoms with Crippen molar-refractivity contribution in [2.45, 2.75) is 0 Å². The summed E-state index contributed by atoms with van der Waals surface area (Å²) in [6.45, 7) is 2.42. The van der Waals surface area contributed by atoms with Crippen LogP contribution in [0.1, 0.15) is 10.5 Å². The van der Waals surface area contributed by atoms with Crippen LogP contribution in [0.4, 0.5) is 5.69 Å². The number of hydrogen-bond acceptors (Lipinski definition) is 6. The van der Waals surface area contributed by atoms with Gasteiger partial charge in [0.1, 0.15) is 0 Å². The van der Waals surface area contributed by atoms with E-state index in [0.29, 0.717) is 31.9 Å². The predicted molar refractivity (Wildman–Crippen MR) is 94.5 cm³/mol. The number of ether oxygens (including phenoxy) is 1. The molecule has 0 bridgehead atoms. The van der Waals surface area contributed by atoms with Crippen molar-refractivity contribution in [1.82, 2.24) is 20.4 Å². The molecule has 0 aliphatic heterocycles. The molecule has 0 saturated heterocycles. The Balaban J connectivity index is 0.00000312. The van der Waals surface area contributed by atoms with Gasteiger partial charge in [-0.1, -0.05) is 6.07 Å². The zero-order valence-corrected chi connectivity index (χ0v) is 14.5. The molecule has 25 heavy (non-hydrogen) atoms. The molecule has 1 aromatic heterocycles. The second-order valence-corrected chi connectivity index (χ2v) is 4.92. The minimum atomic E-state index is -0.475. The van der Waals surface area contributed by atoms with Crippen LogP contribution in [0.15, 0.2) is 36.5 Å². The van der Waals surface area contributed by atoms with Crippen LogP contribution in [0.25, 0.3) is 5.69 Å². The Kier molecular flexibility index (Phi) is 8.54. The summed E-state index contributed by atoms with van der Waals surface area (Å²) >= 11 is 0.